The quantitative estimate of drug-likeness (QED) is 0.432. The molecule has 36 valence electrons. The van der Waals surface area contributed by atoms with E-state index < -0.39 is 0 Å². The van der Waals surface area contributed by atoms with Gasteiger partial charge in [0.1, 0.15) is 0 Å². The molecule has 0 fully saturated rings. The summed E-state index contributed by atoms with van der Waals surface area (Å²) in [6.45, 7) is 0. The van der Waals surface area contributed by atoms with E-state index in [1.807, 2.05) is 15.9 Å². The molecule has 1 heterocycles. The van der Waals surface area contributed by atoms with Crippen molar-refractivity contribution in [2.24, 2.45) is 0 Å². The van der Waals surface area contributed by atoms with E-state index in [9.17, 15) is 4.79 Å². The molecular formula is C5H4OSe. The molecule has 1 aromatic heterocycles. The second-order valence-electron chi connectivity index (χ2n) is 1.17. The summed E-state index contributed by atoms with van der Waals surface area (Å²) >= 11 is 0.468. The zero-order valence-electron chi connectivity index (χ0n) is 3.63. The van der Waals surface area contributed by atoms with E-state index in [1.165, 1.54) is 0 Å². The normalized spacial score (nSPS) is 8.57. The van der Waals surface area contributed by atoms with Crippen molar-refractivity contribution in [3.8, 4) is 0 Å². The molecule has 0 radical (unpaired) electrons. The SMILES string of the molecule is O=Cc1cc[se]c1. The van der Waals surface area contributed by atoms with Gasteiger partial charge >= 0.3 is 47.1 Å². The van der Waals surface area contributed by atoms with Gasteiger partial charge in [-0.2, -0.15) is 0 Å². The molecule has 0 aliphatic carbocycles. The predicted octanol–water partition coefficient (Wildman–Crippen LogP) is 0.556. The van der Waals surface area contributed by atoms with Crippen molar-refractivity contribution in [2.45, 2.75) is 0 Å². The Morgan fingerprint density at radius 2 is 2.57 bits per heavy atom. The molecule has 0 aliphatic heterocycles. The zero-order chi connectivity index (χ0) is 5.11. The Morgan fingerprint density at radius 3 is 2.86 bits per heavy atom. The molecule has 1 nitrogen and oxygen atoms in total. The Morgan fingerprint density at radius 1 is 1.71 bits per heavy atom. The van der Waals surface area contributed by atoms with Gasteiger partial charge in [-0.15, -0.1) is 0 Å². The van der Waals surface area contributed by atoms with E-state index in [2.05, 4.69) is 0 Å². The molecule has 1 rings (SSSR count). The molecule has 0 saturated heterocycles. The molecule has 1 aromatic rings. The number of hydrogen-bond donors (Lipinski definition) is 0. The fraction of sp³-hybridized carbons (Fsp3) is 0. The van der Waals surface area contributed by atoms with E-state index in [0.717, 1.165) is 11.8 Å². The van der Waals surface area contributed by atoms with Crippen LogP contribution in [-0.2, 0) is 0 Å². The third-order valence-electron chi connectivity index (χ3n) is 0.679. The third kappa shape index (κ3) is 1.02. The second-order valence-corrected chi connectivity index (χ2v) is 2.81. The summed E-state index contributed by atoms with van der Waals surface area (Å²) in [5, 5.41) is 0. The summed E-state index contributed by atoms with van der Waals surface area (Å²) in [6.07, 6.45) is 0.880. The van der Waals surface area contributed by atoms with Crippen LogP contribution in [0.1, 0.15) is 10.4 Å². The average molecular weight is 159 g/mol. The Bertz CT molecular complexity index is 143. The van der Waals surface area contributed by atoms with Gasteiger partial charge in [0.05, 0.1) is 0 Å². The maximum absolute atomic E-state index is 9.90. The number of rotatable bonds is 1. The second kappa shape index (κ2) is 2.10. The first-order valence-electron chi connectivity index (χ1n) is 1.91. The molecule has 2 heteroatoms. The minimum absolute atomic E-state index is 0.468. The Labute approximate surface area is 47.7 Å². The molecule has 0 N–H and O–H groups in total. The topological polar surface area (TPSA) is 17.1 Å². The molecule has 0 bridgehead atoms. The van der Waals surface area contributed by atoms with Crippen molar-refractivity contribution < 1.29 is 4.79 Å². The van der Waals surface area contributed by atoms with E-state index >= 15 is 0 Å². The van der Waals surface area contributed by atoms with Crippen molar-refractivity contribution in [1.82, 2.24) is 0 Å². The van der Waals surface area contributed by atoms with E-state index in [4.69, 9.17) is 0 Å². The van der Waals surface area contributed by atoms with Gasteiger partial charge in [-0.1, -0.05) is 0 Å². The summed E-state index contributed by atoms with van der Waals surface area (Å²) in [5.74, 6) is 0. The monoisotopic (exact) mass is 160 g/mol. The van der Waals surface area contributed by atoms with Gasteiger partial charge < -0.3 is 0 Å². The van der Waals surface area contributed by atoms with Gasteiger partial charge in [-0.05, 0) is 0 Å². The van der Waals surface area contributed by atoms with Crippen molar-refractivity contribution in [1.29, 1.82) is 0 Å². The Balaban J connectivity index is 2.96. The van der Waals surface area contributed by atoms with Crippen LogP contribution < -0.4 is 0 Å². The summed E-state index contributed by atoms with van der Waals surface area (Å²) in [4.78, 5) is 13.9. The van der Waals surface area contributed by atoms with E-state index in [1.54, 1.807) is 0 Å². The summed E-state index contributed by atoms with van der Waals surface area (Å²) in [7, 11) is 0. The van der Waals surface area contributed by atoms with Crippen molar-refractivity contribution >= 4 is 20.8 Å². The molecule has 0 aromatic carbocycles. The molecule has 0 amide bonds. The van der Waals surface area contributed by atoms with Crippen LogP contribution in [0.25, 0.3) is 0 Å². The van der Waals surface area contributed by atoms with Gasteiger partial charge in [0.25, 0.3) is 0 Å². The van der Waals surface area contributed by atoms with Gasteiger partial charge in [-0.3, -0.25) is 0 Å². The Hall–Kier alpha value is -0.331. The summed E-state index contributed by atoms with van der Waals surface area (Å²) in [6, 6.07) is 1.85. The summed E-state index contributed by atoms with van der Waals surface area (Å²) < 4.78 is 0. The molecule has 0 atom stereocenters. The first-order chi connectivity index (χ1) is 3.43. The van der Waals surface area contributed by atoms with Crippen LogP contribution in [0, 0.1) is 0 Å². The standard InChI is InChI=1S/C5H4OSe/c6-3-5-1-2-7-4-5/h1-4H. The van der Waals surface area contributed by atoms with Gasteiger partial charge in [0.2, 0.25) is 0 Å². The first kappa shape index (κ1) is 4.82. The maximum atomic E-state index is 9.90. The van der Waals surface area contributed by atoms with Crippen LogP contribution in [0.3, 0.4) is 0 Å². The molecule has 0 spiro atoms. The minimum atomic E-state index is 0.468. The van der Waals surface area contributed by atoms with E-state index in [0.29, 0.717) is 14.5 Å². The number of aldehydes is 1. The zero-order valence-corrected chi connectivity index (χ0v) is 5.34. The number of carbonyl (C=O) groups is 1. The molecular weight excluding hydrogens is 155 g/mol. The fourth-order valence-electron chi connectivity index (χ4n) is 0.342. The average Bonchev–Trinajstić information content (AvgIpc) is 2.14. The van der Waals surface area contributed by atoms with Crippen molar-refractivity contribution in [3.63, 3.8) is 0 Å². The molecule has 0 unspecified atom stereocenters. The van der Waals surface area contributed by atoms with Gasteiger partial charge in [0.15, 0.2) is 0 Å². The first-order valence-corrected chi connectivity index (χ1v) is 3.88. The number of carbonyl (C=O) groups excluding carboxylic acids is 1. The fourth-order valence-corrected chi connectivity index (χ4v) is 1.61. The summed E-state index contributed by atoms with van der Waals surface area (Å²) in [5.41, 5.74) is 0.833. The molecule has 0 saturated carbocycles. The van der Waals surface area contributed by atoms with Crippen LogP contribution in [0.15, 0.2) is 15.9 Å². The van der Waals surface area contributed by atoms with Gasteiger partial charge in [-0.25, -0.2) is 0 Å². The van der Waals surface area contributed by atoms with Crippen molar-refractivity contribution in [3.05, 3.63) is 21.5 Å². The third-order valence-corrected chi connectivity index (χ3v) is 2.15. The number of hydrogen-bond acceptors (Lipinski definition) is 1. The van der Waals surface area contributed by atoms with Crippen LogP contribution in [-0.4, -0.2) is 20.8 Å². The Kier molecular flexibility index (Phi) is 1.45. The van der Waals surface area contributed by atoms with Crippen LogP contribution in [0.5, 0.6) is 0 Å². The van der Waals surface area contributed by atoms with Crippen LogP contribution >= 0.6 is 0 Å². The molecule has 0 aliphatic rings. The predicted molar refractivity (Wildman–Crippen MR) is 28.8 cm³/mol. The van der Waals surface area contributed by atoms with Crippen LogP contribution in [0.2, 0.25) is 0 Å². The molecule has 7 heavy (non-hydrogen) atoms. The van der Waals surface area contributed by atoms with Crippen molar-refractivity contribution in [2.75, 3.05) is 0 Å². The van der Waals surface area contributed by atoms with Crippen LogP contribution in [0.4, 0.5) is 0 Å². The van der Waals surface area contributed by atoms with Gasteiger partial charge in [0, 0.05) is 0 Å². The van der Waals surface area contributed by atoms with E-state index in [-0.39, 0.29) is 0 Å².